The van der Waals surface area contributed by atoms with Gasteiger partial charge in [-0.25, -0.2) is 4.79 Å². The first-order valence-corrected chi connectivity index (χ1v) is 5.41. The lowest BCUT2D eigenvalue weighted by atomic mass is 10.1. The number of alkyl halides is 3. The number of hydrogen-bond acceptors (Lipinski definition) is 3. The van der Waals surface area contributed by atoms with Crippen LogP contribution >= 0.6 is 0 Å². The first kappa shape index (κ1) is 17.8. The van der Waals surface area contributed by atoms with Crippen LogP contribution in [0.25, 0.3) is 0 Å². The first-order chi connectivity index (χ1) is 9.31. The van der Waals surface area contributed by atoms with E-state index in [1.807, 2.05) is 24.3 Å². The third-order valence-electron chi connectivity index (χ3n) is 2.02. The number of methoxy groups -OCH3 is 1. The van der Waals surface area contributed by atoms with Crippen molar-refractivity contribution in [2.75, 3.05) is 13.7 Å². The highest BCUT2D eigenvalue weighted by molar-refractivity contribution is 5.73. The highest BCUT2D eigenvalue weighted by Gasteiger charge is 2.38. The average Bonchev–Trinajstić information content (AvgIpc) is 2.39. The van der Waals surface area contributed by atoms with Crippen molar-refractivity contribution in [2.45, 2.75) is 12.6 Å². The number of carbonyl (C=O) groups excluding carboxylic acids is 1. The van der Waals surface area contributed by atoms with Crippen molar-refractivity contribution >= 4 is 12.4 Å². The number of amides is 1. The molecule has 0 spiro atoms. The summed E-state index contributed by atoms with van der Waals surface area (Å²) in [5.41, 5.74) is 1.16. The van der Waals surface area contributed by atoms with Crippen LogP contribution in [0.15, 0.2) is 24.3 Å². The molecule has 2 N–H and O–H groups in total. The highest BCUT2D eigenvalue weighted by atomic mass is 19.4. The molecule has 0 bridgehead atoms. The molecule has 0 fully saturated rings. The molecule has 1 amide bonds. The maximum Gasteiger partial charge on any atom is 0.490 e. The average molecular weight is 293 g/mol. The second-order valence-electron chi connectivity index (χ2n) is 3.48. The van der Waals surface area contributed by atoms with Gasteiger partial charge in [-0.05, 0) is 24.1 Å². The van der Waals surface area contributed by atoms with Crippen LogP contribution in [0.3, 0.4) is 0 Å². The van der Waals surface area contributed by atoms with E-state index in [2.05, 4.69) is 5.32 Å². The zero-order valence-corrected chi connectivity index (χ0v) is 10.6. The number of carbonyl (C=O) groups is 2. The summed E-state index contributed by atoms with van der Waals surface area (Å²) in [6.45, 7) is 0.663. The van der Waals surface area contributed by atoms with E-state index in [1.54, 1.807) is 7.11 Å². The number of rotatable bonds is 5. The highest BCUT2D eigenvalue weighted by Crippen LogP contribution is 2.13. The topological polar surface area (TPSA) is 75.6 Å². The van der Waals surface area contributed by atoms with Crippen molar-refractivity contribution in [2.24, 2.45) is 0 Å². The summed E-state index contributed by atoms with van der Waals surface area (Å²) in [6.07, 6.45) is -3.55. The number of nitrogens with one attached hydrogen (secondary N) is 1. The third-order valence-corrected chi connectivity index (χ3v) is 2.02. The van der Waals surface area contributed by atoms with Gasteiger partial charge in [0.2, 0.25) is 6.41 Å². The van der Waals surface area contributed by atoms with Gasteiger partial charge in [0.05, 0.1) is 7.11 Å². The van der Waals surface area contributed by atoms with Crippen LogP contribution in [0.2, 0.25) is 0 Å². The molecule has 0 radical (unpaired) electrons. The van der Waals surface area contributed by atoms with Crippen LogP contribution < -0.4 is 10.1 Å². The lowest BCUT2D eigenvalue weighted by Crippen LogP contribution is -2.21. The van der Waals surface area contributed by atoms with Gasteiger partial charge >= 0.3 is 12.1 Å². The fourth-order valence-corrected chi connectivity index (χ4v) is 1.10. The molecular formula is C12H14F3NO4. The summed E-state index contributed by atoms with van der Waals surface area (Å²) in [6, 6.07) is 7.81. The molecule has 112 valence electrons. The van der Waals surface area contributed by atoms with Crippen molar-refractivity contribution in [3.05, 3.63) is 29.8 Å². The lowest BCUT2D eigenvalue weighted by molar-refractivity contribution is -0.192. The molecule has 5 nitrogen and oxygen atoms in total. The van der Waals surface area contributed by atoms with Crippen molar-refractivity contribution in [3.8, 4) is 5.75 Å². The largest absolute Gasteiger partial charge is 0.497 e. The molecule has 0 saturated carbocycles. The van der Waals surface area contributed by atoms with Gasteiger partial charge < -0.3 is 15.2 Å². The number of carboxylic acid groups (broad SMARTS) is 1. The van der Waals surface area contributed by atoms with E-state index in [-0.39, 0.29) is 0 Å². The molecule has 0 atom stereocenters. The van der Waals surface area contributed by atoms with Gasteiger partial charge in [-0.2, -0.15) is 13.2 Å². The van der Waals surface area contributed by atoms with Crippen LogP contribution in [-0.4, -0.2) is 37.3 Å². The van der Waals surface area contributed by atoms with Crippen LogP contribution in [0.4, 0.5) is 13.2 Å². The molecule has 0 aliphatic heterocycles. The van der Waals surface area contributed by atoms with Crippen molar-refractivity contribution in [3.63, 3.8) is 0 Å². The molecule has 0 heterocycles. The fourth-order valence-electron chi connectivity index (χ4n) is 1.10. The van der Waals surface area contributed by atoms with Gasteiger partial charge in [0, 0.05) is 6.54 Å². The lowest BCUT2D eigenvalue weighted by Gasteiger charge is -2.03. The van der Waals surface area contributed by atoms with Gasteiger partial charge in [0.15, 0.2) is 0 Å². The van der Waals surface area contributed by atoms with Crippen LogP contribution in [0.1, 0.15) is 5.56 Å². The molecule has 0 aliphatic carbocycles. The number of benzene rings is 1. The number of aliphatic carboxylic acids is 1. The summed E-state index contributed by atoms with van der Waals surface area (Å²) in [4.78, 5) is 18.9. The quantitative estimate of drug-likeness (QED) is 0.639. The first-order valence-electron chi connectivity index (χ1n) is 5.41. The van der Waals surface area contributed by atoms with Crippen molar-refractivity contribution in [1.82, 2.24) is 5.32 Å². The van der Waals surface area contributed by atoms with E-state index in [0.717, 1.165) is 17.7 Å². The normalized spacial score (nSPS) is 10.0. The molecule has 0 saturated heterocycles. The predicted molar refractivity (Wildman–Crippen MR) is 64.5 cm³/mol. The number of halogens is 3. The zero-order valence-electron chi connectivity index (χ0n) is 10.6. The predicted octanol–water partition coefficient (Wildman–Crippen LogP) is 1.62. The Morgan fingerprint density at radius 1 is 1.45 bits per heavy atom. The maximum atomic E-state index is 10.6. The second-order valence-corrected chi connectivity index (χ2v) is 3.48. The Morgan fingerprint density at radius 3 is 2.50 bits per heavy atom. The van der Waals surface area contributed by atoms with E-state index >= 15 is 0 Å². The SMILES string of the molecule is COc1cccc(CCNC=O)c1.O=C(O)C(F)(F)F. The van der Waals surface area contributed by atoms with Gasteiger partial charge in [-0.15, -0.1) is 0 Å². The zero-order chi connectivity index (χ0) is 15.6. The smallest absolute Gasteiger partial charge is 0.490 e. The summed E-state index contributed by atoms with van der Waals surface area (Å²) in [5.74, 6) is -1.91. The minimum atomic E-state index is -5.08. The molecule has 8 heteroatoms. The molecule has 0 unspecified atom stereocenters. The molecule has 1 aromatic rings. The standard InChI is InChI=1S/C10H13NO2.C2HF3O2/c1-13-10-4-2-3-9(7-10)5-6-11-8-12;3-2(4,5)1(6)7/h2-4,7-8H,5-6H2,1H3,(H,11,12);(H,6,7). The number of ether oxygens (including phenoxy) is 1. The Kier molecular flexibility index (Phi) is 7.80. The summed E-state index contributed by atoms with van der Waals surface area (Å²) >= 11 is 0. The summed E-state index contributed by atoms with van der Waals surface area (Å²) in [7, 11) is 1.64. The second kappa shape index (κ2) is 8.78. The fraction of sp³-hybridized carbons (Fsp3) is 0.333. The molecule has 1 aromatic carbocycles. The Bertz CT molecular complexity index is 435. The van der Waals surface area contributed by atoms with E-state index in [0.29, 0.717) is 13.0 Å². The summed E-state index contributed by atoms with van der Waals surface area (Å²) < 4.78 is 36.8. The van der Waals surface area contributed by atoms with Crippen molar-refractivity contribution in [1.29, 1.82) is 0 Å². The van der Waals surface area contributed by atoms with Crippen LogP contribution in [-0.2, 0) is 16.0 Å². The summed E-state index contributed by atoms with van der Waals surface area (Å²) in [5, 5.41) is 9.74. The van der Waals surface area contributed by atoms with E-state index in [4.69, 9.17) is 14.6 Å². The van der Waals surface area contributed by atoms with Gasteiger partial charge in [0.1, 0.15) is 5.75 Å². The maximum absolute atomic E-state index is 10.6. The molecular weight excluding hydrogens is 279 g/mol. The van der Waals surface area contributed by atoms with Gasteiger partial charge in [-0.1, -0.05) is 12.1 Å². The van der Waals surface area contributed by atoms with Gasteiger partial charge in [0.25, 0.3) is 0 Å². The third kappa shape index (κ3) is 7.96. The minimum Gasteiger partial charge on any atom is -0.497 e. The monoisotopic (exact) mass is 293 g/mol. The molecule has 0 aliphatic rings. The molecule has 20 heavy (non-hydrogen) atoms. The van der Waals surface area contributed by atoms with E-state index in [1.165, 1.54) is 0 Å². The Hall–Kier alpha value is -2.25. The number of hydrogen-bond donors (Lipinski definition) is 2. The van der Waals surface area contributed by atoms with Crippen molar-refractivity contribution < 1.29 is 32.6 Å². The van der Waals surface area contributed by atoms with Gasteiger partial charge in [-0.3, -0.25) is 4.79 Å². The van der Waals surface area contributed by atoms with E-state index < -0.39 is 12.1 Å². The Labute approximate surface area is 113 Å². The van der Waals surface area contributed by atoms with Crippen LogP contribution in [0, 0.1) is 0 Å². The number of carboxylic acids is 1. The molecule has 1 rings (SSSR count). The minimum absolute atomic E-state index is 0.663. The van der Waals surface area contributed by atoms with E-state index in [9.17, 15) is 18.0 Å². The Balaban J connectivity index is 0.000000441. The van der Waals surface area contributed by atoms with Crippen LogP contribution in [0.5, 0.6) is 5.75 Å². The molecule has 0 aromatic heterocycles. The Morgan fingerprint density at radius 2 is 2.05 bits per heavy atom.